The van der Waals surface area contributed by atoms with E-state index in [0.717, 1.165) is 11.3 Å². The quantitative estimate of drug-likeness (QED) is 0.693. The van der Waals surface area contributed by atoms with Gasteiger partial charge in [-0.1, -0.05) is 50.2 Å². The van der Waals surface area contributed by atoms with Crippen LogP contribution in [0.25, 0.3) is 5.69 Å². The van der Waals surface area contributed by atoms with Crippen LogP contribution in [-0.4, -0.2) is 34.8 Å². The summed E-state index contributed by atoms with van der Waals surface area (Å²) in [7, 11) is -3.31. The molecule has 1 unspecified atom stereocenters. The standard InChI is InChI=1S/C22H24N4O3S/c1-14(2)16-8-4-6-10-19(16)26-15(3)23-21(25-26)22(27)24-18-12-13-30(28,29)20-11-7-5-9-17(18)20/h4-11,14,18H,12-13H2,1-3H3,(H,24,27). The molecular weight excluding hydrogens is 400 g/mol. The van der Waals surface area contributed by atoms with Crippen LogP contribution in [-0.2, 0) is 9.84 Å². The molecule has 156 valence electrons. The number of hydrogen-bond acceptors (Lipinski definition) is 5. The van der Waals surface area contributed by atoms with Crippen molar-refractivity contribution in [1.82, 2.24) is 20.1 Å². The van der Waals surface area contributed by atoms with Crippen LogP contribution in [0.5, 0.6) is 0 Å². The predicted molar refractivity (Wildman–Crippen MR) is 114 cm³/mol. The molecule has 7 nitrogen and oxygen atoms in total. The SMILES string of the molecule is Cc1nc(C(=O)NC2CCS(=O)(=O)c3ccccc32)nn1-c1ccccc1C(C)C. The topological polar surface area (TPSA) is 93.9 Å². The molecule has 3 aromatic rings. The number of sulfone groups is 1. The minimum absolute atomic E-state index is 0.00236. The largest absolute Gasteiger partial charge is 0.342 e. The summed E-state index contributed by atoms with van der Waals surface area (Å²) in [6.45, 7) is 6.02. The van der Waals surface area contributed by atoms with E-state index < -0.39 is 21.8 Å². The summed E-state index contributed by atoms with van der Waals surface area (Å²) in [6, 6.07) is 14.3. The number of aryl methyl sites for hydroxylation is 1. The maximum Gasteiger partial charge on any atom is 0.291 e. The van der Waals surface area contributed by atoms with Crippen LogP contribution in [0.3, 0.4) is 0 Å². The lowest BCUT2D eigenvalue weighted by atomic mass is 10.0. The van der Waals surface area contributed by atoms with E-state index in [1.54, 1.807) is 28.9 Å². The first kappa shape index (κ1) is 20.3. The fourth-order valence-corrected chi connectivity index (χ4v) is 5.47. The lowest BCUT2D eigenvalue weighted by molar-refractivity contribution is 0.0924. The Morgan fingerprint density at radius 1 is 1.13 bits per heavy atom. The summed E-state index contributed by atoms with van der Waals surface area (Å²) >= 11 is 0. The first-order valence-corrected chi connectivity index (χ1v) is 11.6. The summed E-state index contributed by atoms with van der Waals surface area (Å²) in [4.78, 5) is 17.5. The normalized spacial score (nSPS) is 17.5. The monoisotopic (exact) mass is 424 g/mol. The maximum absolute atomic E-state index is 12.9. The number of carbonyl (C=O) groups excluding carboxylic acids is 1. The molecule has 1 N–H and O–H groups in total. The number of nitrogens with one attached hydrogen (secondary N) is 1. The number of rotatable bonds is 4. The zero-order valence-corrected chi connectivity index (χ0v) is 18.0. The van der Waals surface area contributed by atoms with Gasteiger partial charge in [-0.2, -0.15) is 0 Å². The zero-order chi connectivity index (χ0) is 21.5. The van der Waals surface area contributed by atoms with Crippen molar-refractivity contribution in [2.24, 2.45) is 0 Å². The number of fused-ring (bicyclic) bond motifs is 1. The third kappa shape index (κ3) is 3.63. The molecule has 0 aliphatic carbocycles. The van der Waals surface area contributed by atoms with Crippen molar-refractivity contribution in [3.63, 3.8) is 0 Å². The van der Waals surface area contributed by atoms with Crippen molar-refractivity contribution in [1.29, 1.82) is 0 Å². The Morgan fingerprint density at radius 2 is 1.83 bits per heavy atom. The molecule has 0 fully saturated rings. The van der Waals surface area contributed by atoms with Crippen molar-refractivity contribution in [3.8, 4) is 5.69 Å². The Balaban J connectivity index is 1.63. The average molecular weight is 425 g/mol. The molecule has 1 amide bonds. The molecule has 30 heavy (non-hydrogen) atoms. The van der Waals surface area contributed by atoms with E-state index in [1.807, 2.05) is 31.2 Å². The highest BCUT2D eigenvalue weighted by molar-refractivity contribution is 7.91. The third-order valence-electron chi connectivity index (χ3n) is 5.37. The van der Waals surface area contributed by atoms with Crippen molar-refractivity contribution in [2.45, 2.75) is 44.0 Å². The van der Waals surface area contributed by atoms with Crippen molar-refractivity contribution < 1.29 is 13.2 Å². The van der Waals surface area contributed by atoms with Gasteiger partial charge in [0.2, 0.25) is 5.82 Å². The Labute approximate surface area is 176 Å². The molecule has 0 bridgehead atoms. The molecule has 0 radical (unpaired) electrons. The van der Waals surface area contributed by atoms with Crippen LogP contribution in [0.1, 0.15) is 59.8 Å². The fraction of sp³-hybridized carbons (Fsp3) is 0.318. The first-order valence-electron chi connectivity index (χ1n) is 9.93. The summed E-state index contributed by atoms with van der Waals surface area (Å²) in [6.07, 6.45) is 0.320. The molecule has 0 saturated carbocycles. The zero-order valence-electron chi connectivity index (χ0n) is 17.2. The van der Waals surface area contributed by atoms with Gasteiger partial charge < -0.3 is 5.32 Å². The highest BCUT2D eigenvalue weighted by Gasteiger charge is 2.31. The second kappa shape index (κ2) is 7.68. The lowest BCUT2D eigenvalue weighted by Crippen LogP contribution is -2.34. The molecule has 2 aromatic carbocycles. The van der Waals surface area contributed by atoms with E-state index in [-0.39, 0.29) is 16.5 Å². The third-order valence-corrected chi connectivity index (χ3v) is 7.18. The van der Waals surface area contributed by atoms with Gasteiger partial charge in [-0.05, 0) is 42.5 Å². The van der Waals surface area contributed by atoms with Crippen LogP contribution < -0.4 is 5.32 Å². The van der Waals surface area contributed by atoms with Crippen LogP contribution in [0.2, 0.25) is 0 Å². The molecule has 0 saturated heterocycles. The van der Waals surface area contributed by atoms with Crippen LogP contribution in [0.15, 0.2) is 53.4 Å². The van der Waals surface area contributed by atoms with Crippen molar-refractivity contribution in [2.75, 3.05) is 5.75 Å². The molecule has 8 heteroatoms. The number of benzene rings is 2. The van der Waals surface area contributed by atoms with Gasteiger partial charge >= 0.3 is 0 Å². The van der Waals surface area contributed by atoms with E-state index >= 15 is 0 Å². The second-order valence-electron chi connectivity index (χ2n) is 7.78. The summed E-state index contributed by atoms with van der Waals surface area (Å²) in [5.41, 5.74) is 2.62. The van der Waals surface area contributed by atoms with Gasteiger partial charge in [-0.3, -0.25) is 4.79 Å². The highest BCUT2D eigenvalue weighted by atomic mass is 32.2. The van der Waals surface area contributed by atoms with Gasteiger partial charge in [-0.25, -0.2) is 18.1 Å². The Kier molecular flexibility index (Phi) is 5.19. The molecule has 1 aliphatic heterocycles. The maximum atomic E-state index is 12.9. The Bertz CT molecular complexity index is 1210. The minimum atomic E-state index is -3.31. The summed E-state index contributed by atoms with van der Waals surface area (Å²) < 4.78 is 26.3. The van der Waals surface area contributed by atoms with E-state index in [4.69, 9.17) is 0 Å². The molecule has 0 spiro atoms. The molecule has 4 rings (SSSR count). The number of carbonyl (C=O) groups is 1. The van der Waals surface area contributed by atoms with Gasteiger partial charge in [0.15, 0.2) is 9.84 Å². The van der Waals surface area contributed by atoms with E-state index in [2.05, 4.69) is 29.2 Å². The molecule has 1 atom stereocenters. The minimum Gasteiger partial charge on any atom is -0.342 e. The second-order valence-corrected chi connectivity index (χ2v) is 9.86. The number of nitrogens with zero attached hydrogens (tertiary/aromatic N) is 3. The molecule has 2 heterocycles. The van der Waals surface area contributed by atoms with Crippen molar-refractivity contribution in [3.05, 3.63) is 71.3 Å². The van der Waals surface area contributed by atoms with Crippen LogP contribution >= 0.6 is 0 Å². The Morgan fingerprint density at radius 3 is 2.60 bits per heavy atom. The van der Waals surface area contributed by atoms with E-state index in [0.29, 0.717) is 23.7 Å². The number of aromatic nitrogens is 3. The number of para-hydroxylation sites is 1. The van der Waals surface area contributed by atoms with Crippen LogP contribution in [0, 0.1) is 6.92 Å². The summed E-state index contributed by atoms with van der Waals surface area (Å²) in [5.74, 6) is 0.551. The number of amides is 1. The van der Waals surface area contributed by atoms with Gasteiger partial charge in [0.1, 0.15) is 5.82 Å². The van der Waals surface area contributed by atoms with Gasteiger partial charge in [0, 0.05) is 0 Å². The molecule has 1 aliphatic rings. The molecule has 1 aromatic heterocycles. The van der Waals surface area contributed by atoms with Crippen LogP contribution in [0.4, 0.5) is 0 Å². The average Bonchev–Trinajstić information content (AvgIpc) is 3.12. The van der Waals surface area contributed by atoms with E-state index in [1.165, 1.54) is 0 Å². The van der Waals surface area contributed by atoms with Gasteiger partial charge in [0.05, 0.1) is 22.4 Å². The van der Waals surface area contributed by atoms with Crippen molar-refractivity contribution >= 4 is 15.7 Å². The smallest absolute Gasteiger partial charge is 0.291 e. The highest BCUT2D eigenvalue weighted by Crippen LogP contribution is 2.32. The predicted octanol–water partition coefficient (Wildman–Crippen LogP) is 3.35. The summed E-state index contributed by atoms with van der Waals surface area (Å²) in [5, 5.41) is 7.37. The van der Waals surface area contributed by atoms with Gasteiger partial charge in [0.25, 0.3) is 5.91 Å². The Hall–Kier alpha value is -3.00. The number of hydrogen-bond donors (Lipinski definition) is 1. The van der Waals surface area contributed by atoms with Gasteiger partial charge in [-0.15, -0.1) is 5.10 Å². The molecular formula is C22H24N4O3S. The fourth-order valence-electron chi connectivity index (χ4n) is 3.85. The van der Waals surface area contributed by atoms with E-state index in [9.17, 15) is 13.2 Å². The lowest BCUT2D eigenvalue weighted by Gasteiger charge is -2.25. The first-order chi connectivity index (χ1) is 14.3.